The lowest BCUT2D eigenvalue weighted by Gasteiger charge is -2.38. The van der Waals surface area contributed by atoms with Gasteiger partial charge in [-0.1, -0.05) is 56.5 Å². The minimum atomic E-state index is -0.216. The second kappa shape index (κ2) is 13.8. The third-order valence-electron chi connectivity index (χ3n) is 8.86. The summed E-state index contributed by atoms with van der Waals surface area (Å²) in [7, 11) is 3.31. The van der Waals surface area contributed by atoms with E-state index >= 15 is 0 Å². The number of amides is 2. The van der Waals surface area contributed by atoms with Crippen LogP contribution < -0.4 is 14.8 Å². The second-order valence-corrected chi connectivity index (χ2v) is 11.4. The van der Waals surface area contributed by atoms with E-state index in [0.29, 0.717) is 12.5 Å². The summed E-state index contributed by atoms with van der Waals surface area (Å²) in [6.45, 7) is 6.47. The molecule has 1 atom stereocenters. The maximum Gasteiger partial charge on any atom is 0.229 e. The lowest BCUT2D eigenvalue weighted by atomic mass is 9.77. The van der Waals surface area contributed by atoms with E-state index < -0.39 is 0 Å². The van der Waals surface area contributed by atoms with Crippen molar-refractivity contribution in [1.82, 2.24) is 15.1 Å². The summed E-state index contributed by atoms with van der Waals surface area (Å²) < 4.78 is 10.7. The Balaban J connectivity index is 0.000000634. The number of benzene rings is 2. The number of carbonyl (C=O) groups excluding carboxylic acids is 2. The van der Waals surface area contributed by atoms with E-state index in [4.69, 9.17) is 9.47 Å². The first-order valence-corrected chi connectivity index (χ1v) is 14.5. The first-order chi connectivity index (χ1) is 19.0. The maximum atomic E-state index is 13.3. The Morgan fingerprint density at radius 2 is 1.67 bits per heavy atom. The molecular weight excluding hydrogens is 490 g/mol. The monoisotopic (exact) mass is 535 g/mol. The summed E-state index contributed by atoms with van der Waals surface area (Å²) in [6.07, 6.45) is 8.74. The molecule has 3 aliphatic rings. The normalized spacial score (nSPS) is 19.6. The summed E-state index contributed by atoms with van der Waals surface area (Å²) in [4.78, 5) is 29.0. The molecular formula is C32H45N3O4. The van der Waals surface area contributed by atoms with Crippen LogP contribution in [0.1, 0.15) is 69.0 Å². The van der Waals surface area contributed by atoms with Crippen molar-refractivity contribution >= 4 is 12.3 Å². The van der Waals surface area contributed by atoms with Gasteiger partial charge in [-0.2, -0.15) is 0 Å². The molecule has 2 aromatic carbocycles. The average Bonchev–Trinajstić information content (AvgIpc) is 3.25. The van der Waals surface area contributed by atoms with Crippen molar-refractivity contribution in [1.29, 1.82) is 0 Å². The van der Waals surface area contributed by atoms with Gasteiger partial charge in [0, 0.05) is 25.2 Å². The van der Waals surface area contributed by atoms with Crippen LogP contribution in [0.3, 0.4) is 0 Å². The zero-order valence-electron chi connectivity index (χ0n) is 23.9. The van der Waals surface area contributed by atoms with Crippen molar-refractivity contribution in [3.63, 3.8) is 0 Å². The molecule has 7 nitrogen and oxygen atoms in total. The SMILES string of the molecule is CC1CCC1.COc1ccc(CN2CCC3(CCN(CCC(NC=O)c4ccccc4OC)CC3)C2=O)cc1. The van der Waals surface area contributed by atoms with Gasteiger partial charge in [0.25, 0.3) is 0 Å². The van der Waals surface area contributed by atoms with Crippen LogP contribution in [0.2, 0.25) is 0 Å². The van der Waals surface area contributed by atoms with E-state index in [2.05, 4.69) is 17.1 Å². The summed E-state index contributed by atoms with van der Waals surface area (Å²) in [5.74, 6) is 2.98. The summed E-state index contributed by atoms with van der Waals surface area (Å²) in [5, 5.41) is 2.95. The van der Waals surface area contributed by atoms with Crippen molar-refractivity contribution in [2.24, 2.45) is 11.3 Å². The highest BCUT2D eigenvalue weighted by Crippen LogP contribution is 2.42. The highest BCUT2D eigenvalue weighted by atomic mass is 16.5. The number of nitrogens with one attached hydrogen (secondary N) is 1. The van der Waals surface area contributed by atoms with Crippen molar-refractivity contribution in [2.75, 3.05) is 40.4 Å². The number of piperidine rings is 1. The van der Waals surface area contributed by atoms with Gasteiger partial charge in [0.1, 0.15) is 11.5 Å². The Hall–Kier alpha value is -3.06. The Morgan fingerprint density at radius 3 is 2.26 bits per heavy atom. The molecule has 1 unspecified atom stereocenters. The quantitative estimate of drug-likeness (QED) is 0.424. The van der Waals surface area contributed by atoms with Crippen molar-refractivity contribution in [2.45, 2.75) is 64.5 Å². The molecule has 39 heavy (non-hydrogen) atoms. The molecule has 1 saturated carbocycles. The van der Waals surface area contributed by atoms with Gasteiger partial charge in [-0.3, -0.25) is 9.59 Å². The van der Waals surface area contributed by atoms with Crippen LogP contribution >= 0.6 is 0 Å². The van der Waals surface area contributed by atoms with Crippen molar-refractivity contribution < 1.29 is 19.1 Å². The molecule has 0 aromatic heterocycles. The van der Waals surface area contributed by atoms with Crippen LogP contribution in [0, 0.1) is 11.3 Å². The molecule has 1 aliphatic carbocycles. The van der Waals surface area contributed by atoms with Gasteiger partial charge >= 0.3 is 0 Å². The highest BCUT2D eigenvalue weighted by Gasteiger charge is 2.47. The zero-order valence-corrected chi connectivity index (χ0v) is 23.9. The number of rotatable bonds is 10. The summed E-state index contributed by atoms with van der Waals surface area (Å²) in [5.41, 5.74) is 1.91. The molecule has 1 N–H and O–H groups in total. The van der Waals surface area contributed by atoms with E-state index in [1.54, 1.807) is 14.2 Å². The number of para-hydroxylation sites is 1. The Bertz CT molecular complexity index is 1060. The molecule has 3 fully saturated rings. The van der Waals surface area contributed by atoms with Crippen molar-refractivity contribution in [3.8, 4) is 11.5 Å². The number of methoxy groups -OCH3 is 2. The van der Waals surface area contributed by atoms with Crippen molar-refractivity contribution in [3.05, 3.63) is 59.7 Å². The fourth-order valence-electron chi connectivity index (χ4n) is 5.95. The second-order valence-electron chi connectivity index (χ2n) is 11.4. The molecule has 7 heteroatoms. The summed E-state index contributed by atoms with van der Waals surface area (Å²) in [6, 6.07) is 15.7. The van der Waals surface area contributed by atoms with E-state index in [1.807, 2.05) is 53.4 Å². The maximum absolute atomic E-state index is 13.3. The highest BCUT2D eigenvalue weighted by molar-refractivity contribution is 5.85. The van der Waals surface area contributed by atoms with Gasteiger partial charge in [0.05, 0.1) is 25.7 Å². The first-order valence-electron chi connectivity index (χ1n) is 14.5. The lowest BCUT2D eigenvalue weighted by Crippen LogP contribution is -2.45. The number of ether oxygens (including phenoxy) is 2. The molecule has 2 aliphatic heterocycles. The number of hydrogen-bond acceptors (Lipinski definition) is 5. The predicted octanol–water partition coefficient (Wildman–Crippen LogP) is 5.20. The Labute approximate surface area is 233 Å². The fraction of sp³-hybridized carbons (Fsp3) is 0.562. The average molecular weight is 536 g/mol. The van der Waals surface area contributed by atoms with Gasteiger partial charge < -0.3 is 24.6 Å². The standard InChI is InChI=1S/C27H35N3O4.C5H10/c1-33-22-9-7-21(8-10-22)19-30-18-14-27(26(30)32)12-16-29(17-13-27)15-11-24(28-20-31)23-5-3-4-6-25(23)34-2;1-5-3-2-4-5/h3-10,20,24H,11-19H2,1-2H3,(H,28,31);5H,2-4H2,1H3. The van der Waals surface area contributed by atoms with Gasteiger partial charge in [0.2, 0.25) is 12.3 Å². The third-order valence-corrected chi connectivity index (χ3v) is 8.86. The molecule has 2 amide bonds. The molecule has 2 aromatic rings. The minimum Gasteiger partial charge on any atom is -0.497 e. The summed E-state index contributed by atoms with van der Waals surface area (Å²) >= 11 is 0. The van der Waals surface area contributed by atoms with E-state index in [9.17, 15) is 9.59 Å². The van der Waals surface area contributed by atoms with Crippen LogP contribution in [0.4, 0.5) is 0 Å². The smallest absolute Gasteiger partial charge is 0.229 e. The van der Waals surface area contributed by atoms with Gasteiger partial charge in [0.15, 0.2) is 0 Å². The molecule has 2 saturated heterocycles. The molecule has 0 radical (unpaired) electrons. The lowest BCUT2D eigenvalue weighted by molar-refractivity contribution is -0.138. The zero-order chi connectivity index (χ0) is 27.7. The minimum absolute atomic E-state index is 0.0994. The number of nitrogens with zero attached hydrogens (tertiary/aromatic N) is 2. The molecule has 2 heterocycles. The van der Waals surface area contributed by atoms with E-state index in [-0.39, 0.29) is 11.5 Å². The molecule has 5 rings (SSSR count). The van der Waals surface area contributed by atoms with Crippen LogP contribution in [0.15, 0.2) is 48.5 Å². The van der Waals surface area contributed by atoms with Crippen LogP contribution in [0.5, 0.6) is 11.5 Å². The van der Waals surface area contributed by atoms with E-state index in [0.717, 1.165) is 86.8 Å². The Kier molecular flexibility index (Phi) is 10.3. The van der Waals surface area contributed by atoms with Crippen LogP contribution in [0.25, 0.3) is 0 Å². The third kappa shape index (κ3) is 7.33. The van der Waals surface area contributed by atoms with Crippen LogP contribution in [-0.2, 0) is 16.1 Å². The van der Waals surface area contributed by atoms with E-state index in [1.165, 1.54) is 19.3 Å². The number of likely N-dealkylation sites (tertiary alicyclic amines) is 2. The predicted molar refractivity (Wildman–Crippen MR) is 154 cm³/mol. The molecule has 1 spiro atoms. The van der Waals surface area contributed by atoms with Gasteiger partial charge in [-0.25, -0.2) is 0 Å². The van der Waals surface area contributed by atoms with Crippen LogP contribution in [-0.4, -0.2) is 62.5 Å². The fourth-order valence-corrected chi connectivity index (χ4v) is 5.95. The van der Waals surface area contributed by atoms with Gasteiger partial charge in [-0.15, -0.1) is 0 Å². The van der Waals surface area contributed by atoms with Gasteiger partial charge in [-0.05, 0) is 68.5 Å². The molecule has 212 valence electrons. The first kappa shape index (κ1) is 28.9. The number of hydrogen-bond donors (Lipinski definition) is 1. The number of carbonyl (C=O) groups is 2. The topological polar surface area (TPSA) is 71.1 Å². The molecule has 0 bridgehead atoms. The largest absolute Gasteiger partial charge is 0.497 e. The Morgan fingerprint density at radius 1 is 1.00 bits per heavy atom.